The summed E-state index contributed by atoms with van der Waals surface area (Å²) in [6.45, 7) is 1.69. The van der Waals surface area contributed by atoms with Gasteiger partial charge in [-0.1, -0.05) is 29.8 Å². The van der Waals surface area contributed by atoms with Gasteiger partial charge in [-0.3, -0.25) is 4.79 Å². The van der Waals surface area contributed by atoms with Crippen LogP contribution in [0.1, 0.15) is 29.9 Å². The highest BCUT2D eigenvalue weighted by atomic mass is 35.5. The molecule has 1 fully saturated rings. The summed E-state index contributed by atoms with van der Waals surface area (Å²) in [5, 5.41) is 1.78. The van der Waals surface area contributed by atoms with E-state index in [1.165, 1.54) is 16.5 Å². The smallest absolute Gasteiger partial charge is 0.246 e. The fraction of sp³-hybridized carbons (Fsp3) is 0.261. The Morgan fingerprint density at radius 1 is 1.17 bits per heavy atom. The Morgan fingerprint density at radius 3 is 2.86 bits per heavy atom. The molecule has 0 spiro atoms. The third-order valence-electron chi connectivity index (χ3n) is 5.74. The SMILES string of the molecule is O=C(/C=C/c1cc(Cl)c2c(c1)OCO2)N1CCC(c2c[nH]c3ccccc23)CC1. The summed E-state index contributed by atoms with van der Waals surface area (Å²) in [5.41, 5.74) is 3.35. The van der Waals surface area contributed by atoms with Crippen molar-refractivity contribution in [2.24, 2.45) is 0 Å². The number of ether oxygens (including phenoxy) is 2. The number of hydrogen-bond donors (Lipinski definition) is 1. The lowest BCUT2D eigenvalue weighted by Crippen LogP contribution is -2.36. The van der Waals surface area contributed by atoms with E-state index in [1.54, 1.807) is 18.2 Å². The molecule has 1 aromatic heterocycles. The molecule has 0 unspecified atom stereocenters. The number of carbonyl (C=O) groups excluding carboxylic acids is 1. The van der Waals surface area contributed by atoms with Crippen molar-refractivity contribution < 1.29 is 14.3 Å². The van der Waals surface area contributed by atoms with Crippen molar-refractivity contribution in [1.82, 2.24) is 9.88 Å². The van der Waals surface area contributed by atoms with Crippen LogP contribution in [0.4, 0.5) is 0 Å². The first kappa shape index (κ1) is 18.1. The molecule has 0 aliphatic carbocycles. The molecule has 1 N–H and O–H groups in total. The number of rotatable bonds is 3. The van der Waals surface area contributed by atoms with Gasteiger partial charge in [-0.2, -0.15) is 0 Å². The number of nitrogens with zero attached hydrogens (tertiary/aromatic N) is 1. The molecule has 29 heavy (non-hydrogen) atoms. The lowest BCUT2D eigenvalue weighted by Gasteiger charge is -2.31. The largest absolute Gasteiger partial charge is 0.454 e. The zero-order valence-corrected chi connectivity index (χ0v) is 16.6. The van der Waals surface area contributed by atoms with Gasteiger partial charge in [-0.15, -0.1) is 0 Å². The van der Waals surface area contributed by atoms with Gasteiger partial charge in [0.1, 0.15) is 0 Å². The van der Waals surface area contributed by atoms with Crippen LogP contribution in [-0.4, -0.2) is 35.7 Å². The molecule has 2 aromatic carbocycles. The summed E-state index contributed by atoms with van der Waals surface area (Å²) in [4.78, 5) is 17.9. The van der Waals surface area contributed by atoms with Crippen molar-refractivity contribution in [2.45, 2.75) is 18.8 Å². The van der Waals surface area contributed by atoms with Crippen molar-refractivity contribution in [3.63, 3.8) is 0 Å². The van der Waals surface area contributed by atoms with Crippen LogP contribution >= 0.6 is 11.6 Å². The summed E-state index contributed by atoms with van der Waals surface area (Å²) >= 11 is 6.21. The van der Waals surface area contributed by atoms with E-state index in [4.69, 9.17) is 21.1 Å². The topological polar surface area (TPSA) is 54.6 Å². The highest BCUT2D eigenvalue weighted by Gasteiger charge is 2.24. The molecular formula is C23H21ClN2O3. The number of likely N-dealkylation sites (tertiary alicyclic amines) is 1. The van der Waals surface area contributed by atoms with Crippen molar-refractivity contribution in [3.05, 3.63) is 64.8 Å². The Labute approximate surface area is 173 Å². The van der Waals surface area contributed by atoms with Crippen LogP contribution in [0.25, 0.3) is 17.0 Å². The van der Waals surface area contributed by atoms with Crippen LogP contribution in [0.3, 0.4) is 0 Å². The Balaban J connectivity index is 1.24. The lowest BCUT2D eigenvalue weighted by atomic mass is 9.89. The summed E-state index contributed by atoms with van der Waals surface area (Å²) in [6, 6.07) is 12.0. The van der Waals surface area contributed by atoms with E-state index in [0.717, 1.165) is 31.5 Å². The number of hydrogen-bond acceptors (Lipinski definition) is 3. The zero-order chi connectivity index (χ0) is 19.8. The third kappa shape index (κ3) is 3.47. The monoisotopic (exact) mass is 408 g/mol. The van der Waals surface area contributed by atoms with Gasteiger partial charge in [0.25, 0.3) is 0 Å². The number of carbonyl (C=O) groups is 1. The quantitative estimate of drug-likeness (QED) is 0.622. The summed E-state index contributed by atoms with van der Waals surface area (Å²) < 4.78 is 10.7. The Bertz CT molecular complexity index is 1100. The predicted molar refractivity (Wildman–Crippen MR) is 113 cm³/mol. The minimum Gasteiger partial charge on any atom is -0.454 e. The van der Waals surface area contributed by atoms with Gasteiger partial charge in [0.15, 0.2) is 11.5 Å². The third-order valence-corrected chi connectivity index (χ3v) is 6.02. The molecule has 0 bridgehead atoms. The van der Waals surface area contributed by atoms with Crippen LogP contribution < -0.4 is 9.47 Å². The number of piperidine rings is 1. The standard InChI is InChI=1S/C23H21ClN2O3/c24-19-11-15(12-21-23(19)29-14-28-21)5-6-22(27)26-9-7-16(8-10-26)18-13-25-20-4-2-1-3-17(18)20/h1-6,11-13,16,25H,7-10,14H2/b6-5+. The Kier molecular flexibility index (Phi) is 4.68. The van der Waals surface area contributed by atoms with E-state index in [9.17, 15) is 4.79 Å². The van der Waals surface area contributed by atoms with E-state index in [1.807, 2.05) is 17.0 Å². The molecule has 0 radical (unpaired) electrons. The van der Waals surface area contributed by atoms with Gasteiger partial charge in [-0.25, -0.2) is 0 Å². The van der Waals surface area contributed by atoms with Gasteiger partial charge in [-0.05, 0) is 54.2 Å². The summed E-state index contributed by atoms with van der Waals surface area (Å²) in [7, 11) is 0. The van der Waals surface area contributed by atoms with Gasteiger partial charge in [0.05, 0.1) is 5.02 Å². The first-order chi connectivity index (χ1) is 14.2. The van der Waals surface area contributed by atoms with Gasteiger partial charge < -0.3 is 19.4 Å². The second-order valence-corrected chi connectivity index (χ2v) is 7.87. The van der Waals surface area contributed by atoms with Crippen molar-refractivity contribution in [2.75, 3.05) is 19.9 Å². The van der Waals surface area contributed by atoms with E-state index in [2.05, 4.69) is 29.4 Å². The Morgan fingerprint density at radius 2 is 2.00 bits per heavy atom. The van der Waals surface area contributed by atoms with Crippen LogP contribution in [0, 0.1) is 0 Å². The van der Waals surface area contributed by atoms with E-state index in [-0.39, 0.29) is 12.7 Å². The van der Waals surface area contributed by atoms with Crippen molar-refractivity contribution >= 4 is 34.5 Å². The van der Waals surface area contributed by atoms with Crippen LogP contribution in [0.5, 0.6) is 11.5 Å². The van der Waals surface area contributed by atoms with Crippen LogP contribution in [0.15, 0.2) is 48.7 Å². The average Bonchev–Trinajstić information content (AvgIpc) is 3.39. The molecule has 2 aliphatic heterocycles. The van der Waals surface area contributed by atoms with Crippen molar-refractivity contribution in [1.29, 1.82) is 0 Å². The number of aromatic nitrogens is 1. The molecule has 148 valence electrons. The number of aromatic amines is 1. The molecular weight excluding hydrogens is 388 g/mol. The van der Waals surface area contributed by atoms with Gasteiger partial charge in [0.2, 0.25) is 12.7 Å². The molecule has 0 atom stereocenters. The molecule has 6 heteroatoms. The second kappa shape index (κ2) is 7.48. The van der Waals surface area contributed by atoms with E-state index >= 15 is 0 Å². The number of benzene rings is 2. The molecule has 1 amide bonds. The van der Waals surface area contributed by atoms with Crippen molar-refractivity contribution in [3.8, 4) is 11.5 Å². The lowest BCUT2D eigenvalue weighted by molar-refractivity contribution is -0.126. The Hall–Kier alpha value is -2.92. The average molecular weight is 409 g/mol. The molecule has 3 aromatic rings. The van der Waals surface area contributed by atoms with E-state index in [0.29, 0.717) is 22.4 Å². The van der Waals surface area contributed by atoms with Gasteiger partial charge >= 0.3 is 0 Å². The molecule has 2 aliphatic rings. The summed E-state index contributed by atoms with van der Waals surface area (Å²) in [5.74, 6) is 1.68. The number of nitrogens with one attached hydrogen (secondary N) is 1. The fourth-order valence-electron chi connectivity index (χ4n) is 4.20. The minimum atomic E-state index is 0.0242. The minimum absolute atomic E-state index is 0.0242. The molecule has 5 nitrogen and oxygen atoms in total. The highest BCUT2D eigenvalue weighted by molar-refractivity contribution is 6.32. The number of para-hydroxylation sites is 1. The summed E-state index contributed by atoms with van der Waals surface area (Å²) in [6.07, 6.45) is 7.45. The molecule has 3 heterocycles. The predicted octanol–water partition coefficient (Wildman–Crippen LogP) is 4.97. The molecule has 1 saturated heterocycles. The van der Waals surface area contributed by atoms with Crippen LogP contribution in [-0.2, 0) is 4.79 Å². The normalized spacial score (nSPS) is 16.8. The number of amides is 1. The highest BCUT2D eigenvalue weighted by Crippen LogP contribution is 2.40. The zero-order valence-electron chi connectivity index (χ0n) is 15.9. The van der Waals surface area contributed by atoms with Gasteiger partial charge in [0, 0.05) is 36.3 Å². The number of halogens is 1. The van der Waals surface area contributed by atoms with Crippen LogP contribution in [0.2, 0.25) is 5.02 Å². The molecule has 5 rings (SSSR count). The fourth-order valence-corrected chi connectivity index (χ4v) is 4.47. The maximum atomic E-state index is 12.6. The number of H-pyrrole nitrogens is 1. The maximum absolute atomic E-state index is 12.6. The second-order valence-electron chi connectivity index (χ2n) is 7.46. The maximum Gasteiger partial charge on any atom is 0.246 e. The van der Waals surface area contributed by atoms with E-state index < -0.39 is 0 Å². The first-order valence-corrected chi connectivity index (χ1v) is 10.2. The first-order valence-electron chi connectivity index (χ1n) is 9.81. The molecule has 0 saturated carbocycles. The number of fused-ring (bicyclic) bond motifs is 2.